The van der Waals surface area contributed by atoms with Gasteiger partial charge in [0.1, 0.15) is 6.10 Å². The Morgan fingerprint density at radius 2 is 1.91 bits per heavy atom. The number of amides is 1. The van der Waals surface area contributed by atoms with Gasteiger partial charge in [0.05, 0.1) is 12.2 Å². The third kappa shape index (κ3) is 2.34. The van der Waals surface area contributed by atoms with E-state index in [1.165, 1.54) is 6.42 Å². The summed E-state index contributed by atoms with van der Waals surface area (Å²) in [5.74, 6) is 2.59. The second-order valence-electron chi connectivity index (χ2n) is 7.24. The second-order valence-corrected chi connectivity index (χ2v) is 8.11. The summed E-state index contributed by atoms with van der Waals surface area (Å²) in [5.41, 5.74) is 0.559. The van der Waals surface area contributed by atoms with Crippen LogP contribution >= 0.6 is 23.2 Å². The van der Waals surface area contributed by atoms with E-state index in [0.29, 0.717) is 45.7 Å². The summed E-state index contributed by atoms with van der Waals surface area (Å²) < 4.78 is 11.4. The van der Waals surface area contributed by atoms with E-state index in [1.54, 1.807) is 18.2 Å². The van der Waals surface area contributed by atoms with Gasteiger partial charge in [0.15, 0.2) is 0 Å². The monoisotopic (exact) mass is 353 g/mol. The maximum absolute atomic E-state index is 12.2. The number of anilines is 1. The molecule has 4 nitrogen and oxygen atoms in total. The third-order valence-electron chi connectivity index (χ3n) is 6.05. The van der Waals surface area contributed by atoms with E-state index in [-0.39, 0.29) is 6.10 Å². The number of hydrogen-bond donors (Lipinski definition) is 1. The van der Waals surface area contributed by atoms with Gasteiger partial charge in [-0.2, -0.15) is 0 Å². The van der Waals surface area contributed by atoms with Crippen LogP contribution in [0.5, 0.6) is 0 Å². The molecule has 1 aromatic carbocycles. The van der Waals surface area contributed by atoms with Crippen molar-refractivity contribution in [2.45, 2.75) is 37.6 Å². The summed E-state index contributed by atoms with van der Waals surface area (Å²) in [7, 11) is 0. The van der Waals surface area contributed by atoms with Crippen molar-refractivity contribution in [3.63, 3.8) is 0 Å². The van der Waals surface area contributed by atoms with Crippen LogP contribution in [0.1, 0.15) is 19.3 Å². The topological polar surface area (TPSA) is 50.9 Å². The minimum atomic E-state index is -0.420. The molecule has 4 fully saturated rings. The van der Waals surface area contributed by atoms with Crippen LogP contribution in [-0.4, -0.2) is 24.4 Å². The predicted octanol–water partition coefficient (Wildman–Crippen LogP) is 4.35. The molecular formula is C17H17Cl2NO3. The normalized spacial score (nSPS) is 42.3. The average molecular weight is 354 g/mol. The Morgan fingerprint density at radius 1 is 1.13 bits per heavy atom. The first-order valence-electron chi connectivity index (χ1n) is 8.17. The molecule has 1 aliphatic heterocycles. The zero-order chi connectivity index (χ0) is 15.7. The second kappa shape index (κ2) is 5.01. The van der Waals surface area contributed by atoms with E-state index in [9.17, 15) is 4.79 Å². The van der Waals surface area contributed by atoms with Crippen molar-refractivity contribution in [3.8, 4) is 0 Å². The Kier molecular flexibility index (Phi) is 3.13. The van der Waals surface area contributed by atoms with Crippen molar-refractivity contribution < 1.29 is 14.3 Å². The van der Waals surface area contributed by atoms with Gasteiger partial charge in [-0.3, -0.25) is 5.32 Å². The highest BCUT2D eigenvalue weighted by Gasteiger charge is 2.67. The largest absolute Gasteiger partial charge is 0.446 e. The van der Waals surface area contributed by atoms with Crippen LogP contribution in [0.25, 0.3) is 0 Å². The molecule has 122 valence electrons. The Hall–Kier alpha value is -0.970. The Balaban J connectivity index is 1.24. The summed E-state index contributed by atoms with van der Waals surface area (Å²) in [6, 6.07) is 4.95. The van der Waals surface area contributed by atoms with Gasteiger partial charge in [0.25, 0.3) is 0 Å². The molecule has 1 aromatic rings. The molecule has 1 saturated heterocycles. The van der Waals surface area contributed by atoms with Crippen LogP contribution in [0.3, 0.4) is 0 Å². The molecule has 0 spiro atoms. The molecule has 6 heteroatoms. The molecule has 5 rings (SSSR count). The first-order valence-corrected chi connectivity index (χ1v) is 8.93. The lowest BCUT2D eigenvalue weighted by Crippen LogP contribution is -2.35. The number of fused-ring (bicyclic) bond motifs is 7. The van der Waals surface area contributed by atoms with Crippen molar-refractivity contribution in [2.24, 2.45) is 23.7 Å². The Labute approximate surface area is 144 Å². The molecule has 4 aliphatic rings. The van der Waals surface area contributed by atoms with Crippen molar-refractivity contribution in [3.05, 3.63) is 28.2 Å². The average Bonchev–Trinajstić information content (AvgIpc) is 2.82. The highest BCUT2D eigenvalue weighted by molar-refractivity contribution is 6.35. The number of carbonyl (C=O) groups is 1. The van der Waals surface area contributed by atoms with Gasteiger partial charge in [-0.05, 0) is 61.1 Å². The SMILES string of the molecule is O=C(Nc1cc(Cl)cc(Cl)c1)O[C@H]1C[C@@H]2C[C@@H]1[C@H]1C[C@H]3O[C@@H]3[C@H]21. The summed E-state index contributed by atoms with van der Waals surface area (Å²) in [5, 5.41) is 3.71. The molecule has 3 aliphatic carbocycles. The summed E-state index contributed by atoms with van der Waals surface area (Å²) in [6.07, 6.45) is 3.94. The maximum atomic E-state index is 12.2. The molecule has 1 heterocycles. The zero-order valence-electron chi connectivity index (χ0n) is 12.4. The smallest absolute Gasteiger partial charge is 0.411 e. The molecule has 0 unspecified atom stereocenters. The highest BCUT2D eigenvalue weighted by Crippen LogP contribution is 2.64. The fourth-order valence-corrected chi connectivity index (χ4v) is 5.84. The molecule has 3 saturated carbocycles. The molecule has 0 aromatic heterocycles. The fraction of sp³-hybridized carbons (Fsp3) is 0.588. The standard InChI is InChI=1S/C17H17Cl2NO3/c18-8-3-9(19)5-10(4-8)20-17(21)23-13-2-7-1-11(13)12-6-14-16(22-14)15(7)12/h3-5,7,11-16H,1-2,6H2,(H,20,21)/t7-,11+,12+,13-,14+,15+,16-/m0/s1. The zero-order valence-corrected chi connectivity index (χ0v) is 13.9. The van der Waals surface area contributed by atoms with Crippen LogP contribution in [-0.2, 0) is 9.47 Å². The predicted molar refractivity (Wildman–Crippen MR) is 86.8 cm³/mol. The van der Waals surface area contributed by atoms with E-state index in [1.807, 2.05) is 0 Å². The molecule has 2 bridgehead atoms. The highest BCUT2D eigenvalue weighted by atomic mass is 35.5. The van der Waals surface area contributed by atoms with Crippen LogP contribution in [0, 0.1) is 23.7 Å². The quantitative estimate of drug-likeness (QED) is 0.803. The van der Waals surface area contributed by atoms with Gasteiger partial charge < -0.3 is 9.47 Å². The van der Waals surface area contributed by atoms with Gasteiger partial charge >= 0.3 is 6.09 Å². The Bertz CT molecular complexity index is 662. The number of ether oxygens (including phenoxy) is 2. The molecule has 0 radical (unpaired) electrons. The van der Waals surface area contributed by atoms with Crippen LogP contribution in [0.4, 0.5) is 10.5 Å². The molecular weight excluding hydrogens is 337 g/mol. The number of benzene rings is 1. The summed E-state index contributed by atoms with van der Waals surface area (Å²) in [4.78, 5) is 12.2. The lowest BCUT2D eigenvalue weighted by molar-refractivity contribution is 0.0251. The molecule has 1 amide bonds. The van der Waals surface area contributed by atoms with Crippen LogP contribution in [0.2, 0.25) is 10.0 Å². The maximum Gasteiger partial charge on any atom is 0.411 e. The molecule has 23 heavy (non-hydrogen) atoms. The van der Waals surface area contributed by atoms with Gasteiger partial charge in [0.2, 0.25) is 0 Å². The number of halogens is 2. The number of carbonyl (C=O) groups excluding carboxylic acids is 1. The lowest BCUT2D eigenvalue weighted by Gasteiger charge is -2.32. The first-order chi connectivity index (χ1) is 11.1. The number of hydrogen-bond acceptors (Lipinski definition) is 3. The van der Waals surface area contributed by atoms with Crippen molar-refractivity contribution in [2.75, 3.05) is 5.32 Å². The first kappa shape index (κ1) is 14.4. The van der Waals surface area contributed by atoms with E-state index < -0.39 is 6.09 Å². The lowest BCUT2D eigenvalue weighted by atomic mass is 9.79. The van der Waals surface area contributed by atoms with Gasteiger partial charge in [0, 0.05) is 15.7 Å². The van der Waals surface area contributed by atoms with Crippen molar-refractivity contribution in [1.29, 1.82) is 0 Å². The summed E-state index contributed by atoms with van der Waals surface area (Å²) in [6.45, 7) is 0. The number of nitrogens with one attached hydrogen (secondary N) is 1. The van der Waals surface area contributed by atoms with Gasteiger partial charge in [-0.25, -0.2) is 4.79 Å². The van der Waals surface area contributed by atoms with Crippen molar-refractivity contribution >= 4 is 35.0 Å². The van der Waals surface area contributed by atoms with E-state index in [0.717, 1.165) is 18.8 Å². The van der Waals surface area contributed by atoms with E-state index >= 15 is 0 Å². The summed E-state index contributed by atoms with van der Waals surface area (Å²) >= 11 is 11.9. The van der Waals surface area contributed by atoms with E-state index in [4.69, 9.17) is 32.7 Å². The minimum absolute atomic E-state index is 0.0356. The van der Waals surface area contributed by atoms with Crippen molar-refractivity contribution in [1.82, 2.24) is 0 Å². The minimum Gasteiger partial charge on any atom is -0.446 e. The van der Waals surface area contributed by atoms with Gasteiger partial charge in [-0.1, -0.05) is 23.2 Å². The third-order valence-corrected chi connectivity index (χ3v) is 6.49. The number of epoxide rings is 1. The van der Waals surface area contributed by atoms with E-state index in [2.05, 4.69) is 5.32 Å². The van der Waals surface area contributed by atoms with Crippen LogP contribution in [0.15, 0.2) is 18.2 Å². The Morgan fingerprint density at radius 3 is 2.70 bits per heavy atom. The molecule has 1 N–H and O–H groups in total. The molecule has 7 atom stereocenters. The fourth-order valence-electron chi connectivity index (χ4n) is 5.31. The van der Waals surface area contributed by atoms with Crippen LogP contribution < -0.4 is 5.32 Å². The van der Waals surface area contributed by atoms with Gasteiger partial charge in [-0.15, -0.1) is 0 Å². The number of rotatable bonds is 2.